The smallest absolute Gasteiger partial charge is 0.422 e. The average Bonchev–Trinajstić information content (AvgIpc) is 2.27. The number of anilines is 1. The Kier molecular flexibility index (Phi) is 4.58. The van der Waals surface area contributed by atoms with Crippen LogP contribution in [-0.4, -0.2) is 33.5 Å². The molecule has 1 amide bonds. The van der Waals surface area contributed by atoms with Crippen molar-refractivity contribution in [3.8, 4) is 0 Å². The van der Waals surface area contributed by atoms with Crippen LogP contribution in [0.2, 0.25) is 0 Å². The predicted molar refractivity (Wildman–Crippen MR) is 60.5 cm³/mol. The van der Waals surface area contributed by atoms with Gasteiger partial charge in [0.1, 0.15) is 5.82 Å². The molecule has 0 unspecified atom stereocenters. The van der Waals surface area contributed by atoms with Crippen molar-refractivity contribution < 1.29 is 35.5 Å². The lowest BCUT2D eigenvalue weighted by Gasteiger charge is -2.10. The van der Waals surface area contributed by atoms with Crippen LogP contribution in [0, 0.1) is 5.82 Å². The quantitative estimate of drug-likeness (QED) is 0.686. The van der Waals surface area contributed by atoms with Gasteiger partial charge in [0.2, 0.25) is 0 Å². The number of rotatable bonds is 3. The lowest BCUT2D eigenvalue weighted by Crippen LogP contribution is -2.23. The van der Waals surface area contributed by atoms with E-state index in [2.05, 4.69) is 4.74 Å². The third-order valence-corrected chi connectivity index (χ3v) is 3.08. The van der Waals surface area contributed by atoms with Crippen LogP contribution >= 0.6 is 0 Å². The van der Waals surface area contributed by atoms with Gasteiger partial charge in [-0.3, -0.25) is 5.32 Å². The second kappa shape index (κ2) is 5.65. The zero-order valence-electron chi connectivity index (χ0n) is 9.99. The van der Waals surface area contributed by atoms with Crippen molar-refractivity contribution in [3.63, 3.8) is 0 Å². The summed E-state index contributed by atoms with van der Waals surface area (Å²) in [6.45, 7) is -1.84. The van der Waals surface area contributed by atoms with Crippen molar-refractivity contribution in [2.24, 2.45) is 0 Å². The van der Waals surface area contributed by atoms with Gasteiger partial charge in [-0.25, -0.2) is 17.6 Å². The zero-order chi connectivity index (χ0) is 15.6. The summed E-state index contributed by atoms with van der Waals surface area (Å²) >= 11 is 0. The lowest BCUT2D eigenvalue weighted by atomic mass is 10.3. The van der Waals surface area contributed by atoms with Gasteiger partial charge in [0.15, 0.2) is 16.4 Å². The highest BCUT2D eigenvalue weighted by Crippen LogP contribution is 2.20. The van der Waals surface area contributed by atoms with Crippen LogP contribution in [0.15, 0.2) is 23.1 Å². The largest absolute Gasteiger partial charge is 0.440 e. The summed E-state index contributed by atoms with van der Waals surface area (Å²) < 4.78 is 74.9. The summed E-state index contributed by atoms with van der Waals surface area (Å²) in [5.74, 6) is -1.01. The van der Waals surface area contributed by atoms with Crippen molar-refractivity contribution in [3.05, 3.63) is 24.0 Å². The van der Waals surface area contributed by atoms with E-state index in [4.69, 9.17) is 0 Å². The number of sulfone groups is 1. The number of alkyl halides is 3. The fourth-order valence-corrected chi connectivity index (χ4v) is 1.77. The molecule has 20 heavy (non-hydrogen) atoms. The second-order valence-corrected chi connectivity index (χ2v) is 5.75. The van der Waals surface area contributed by atoms with E-state index in [0.29, 0.717) is 0 Å². The van der Waals surface area contributed by atoms with Crippen molar-refractivity contribution in [1.82, 2.24) is 0 Å². The number of halogens is 4. The van der Waals surface area contributed by atoms with E-state index >= 15 is 0 Å². The first-order valence-corrected chi connectivity index (χ1v) is 6.88. The Balaban J connectivity index is 2.85. The first-order chi connectivity index (χ1) is 8.99. The molecule has 10 heteroatoms. The summed E-state index contributed by atoms with van der Waals surface area (Å²) in [6, 6.07) is 2.49. The Bertz CT molecular complexity index is 612. The van der Waals surface area contributed by atoms with Gasteiger partial charge in [-0.1, -0.05) is 0 Å². The zero-order valence-corrected chi connectivity index (χ0v) is 10.8. The molecule has 112 valence electrons. The molecule has 0 aliphatic heterocycles. The van der Waals surface area contributed by atoms with Gasteiger partial charge < -0.3 is 4.74 Å². The molecule has 0 bridgehead atoms. The Labute approximate surface area is 111 Å². The molecule has 0 aliphatic rings. The van der Waals surface area contributed by atoms with Crippen LogP contribution in [0.5, 0.6) is 0 Å². The number of nitrogens with one attached hydrogen (secondary N) is 1. The number of hydrogen-bond acceptors (Lipinski definition) is 4. The Morgan fingerprint density at radius 2 is 1.95 bits per heavy atom. The Morgan fingerprint density at radius 1 is 1.35 bits per heavy atom. The maximum Gasteiger partial charge on any atom is 0.422 e. The average molecular weight is 315 g/mol. The summed E-state index contributed by atoms with van der Waals surface area (Å²) in [4.78, 5) is 10.7. The fraction of sp³-hybridized carbons (Fsp3) is 0.300. The van der Waals surface area contributed by atoms with E-state index in [1.807, 2.05) is 0 Å². The molecule has 0 fully saturated rings. The number of amides is 1. The van der Waals surface area contributed by atoms with E-state index in [1.54, 1.807) is 5.32 Å². The van der Waals surface area contributed by atoms with Gasteiger partial charge in [0.25, 0.3) is 0 Å². The van der Waals surface area contributed by atoms with Crippen LogP contribution < -0.4 is 5.32 Å². The van der Waals surface area contributed by atoms with E-state index < -0.39 is 40.2 Å². The lowest BCUT2D eigenvalue weighted by molar-refractivity contribution is -0.159. The summed E-state index contributed by atoms with van der Waals surface area (Å²) in [5.41, 5.74) is -0.597. The van der Waals surface area contributed by atoms with Crippen molar-refractivity contribution in [2.75, 3.05) is 18.2 Å². The topological polar surface area (TPSA) is 72.5 Å². The minimum absolute atomic E-state index is 0.301. The highest BCUT2D eigenvalue weighted by Gasteiger charge is 2.29. The van der Waals surface area contributed by atoms with Crippen LogP contribution in [-0.2, 0) is 14.6 Å². The molecule has 0 saturated heterocycles. The third-order valence-electron chi connectivity index (χ3n) is 1.97. The van der Waals surface area contributed by atoms with Crippen LogP contribution in [0.3, 0.4) is 0 Å². The predicted octanol–water partition coefficient (Wildman–Crippen LogP) is 2.34. The minimum atomic E-state index is -4.72. The van der Waals surface area contributed by atoms with Crippen molar-refractivity contribution >= 4 is 21.6 Å². The second-order valence-electron chi connectivity index (χ2n) is 3.73. The molecule has 0 aromatic heterocycles. The number of hydrogen-bond donors (Lipinski definition) is 1. The molecule has 0 spiro atoms. The first kappa shape index (κ1) is 16.2. The standard InChI is InChI=1S/C10H9F4NO4S/c1-20(17,18)6-2-3-7(11)8(4-6)15-9(16)19-5-10(12,13)14/h2-4H,5H2,1H3,(H,15,16). The van der Waals surface area contributed by atoms with Gasteiger partial charge in [0.05, 0.1) is 10.6 Å². The summed E-state index contributed by atoms with van der Waals surface area (Å²) in [6.07, 6.45) is -5.41. The molecule has 1 aromatic carbocycles. The van der Waals surface area contributed by atoms with Crippen molar-refractivity contribution in [2.45, 2.75) is 11.1 Å². The van der Waals surface area contributed by atoms with Crippen LogP contribution in [0.4, 0.5) is 28.0 Å². The molecule has 0 aliphatic carbocycles. The molecular weight excluding hydrogens is 306 g/mol. The Hall–Kier alpha value is -1.84. The number of ether oxygens (including phenoxy) is 1. The molecule has 0 heterocycles. The van der Waals surface area contributed by atoms with Gasteiger partial charge >= 0.3 is 12.3 Å². The molecule has 5 nitrogen and oxygen atoms in total. The fourth-order valence-electron chi connectivity index (χ4n) is 1.12. The number of carbonyl (C=O) groups is 1. The maximum atomic E-state index is 13.3. The molecule has 1 rings (SSSR count). The van der Waals surface area contributed by atoms with Crippen molar-refractivity contribution in [1.29, 1.82) is 0 Å². The maximum absolute atomic E-state index is 13.3. The summed E-state index contributed by atoms with van der Waals surface area (Å²) in [7, 11) is -3.65. The molecular formula is C10H9F4NO4S. The minimum Gasteiger partial charge on any atom is -0.440 e. The summed E-state index contributed by atoms with van der Waals surface area (Å²) in [5, 5.41) is 1.69. The molecule has 0 saturated carbocycles. The third kappa shape index (κ3) is 5.03. The van der Waals surface area contributed by atoms with E-state index in [-0.39, 0.29) is 4.90 Å². The molecule has 1 aromatic rings. The van der Waals surface area contributed by atoms with Gasteiger partial charge in [-0.2, -0.15) is 13.2 Å². The molecule has 0 atom stereocenters. The normalized spacial score (nSPS) is 12.1. The first-order valence-electron chi connectivity index (χ1n) is 4.99. The van der Waals surface area contributed by atoms with E-state index in [1.165, 1.54) is 0 Å². The van der Waals surface area contributed by atoms with Gasteiger partial charge in [-0.15, -0.1) is 0 Å². The number of benzene rings is 1. The van der Waals surface area contributed by atoms with Crippen LogP contribution in [0.25, 0.3) is 0 Å². The van der Waals surface area contributed by atoms with E-state index in [0.717, 1.165) is 24.5 Å². The number of carbonyl (C=O) groups excluding carboxylic acids is 1. The van der Waals surface area contributed by atoms with Gasteiger partial charge in [0, 0.05) is 6.26 Å². The highest BCUT2D eigenvalue weighted by molar-refractivity contribution is 7.90. The Morgan fingerprint density at radius 3 is 2.45 bits per heavy atom. The highest BCUT2D eigenvalue weighted by atomic mass is 32.2. The van der Waals surface area contributed by atoms with Gasteiger partial charge in [-0.05, 0) is 18.2 Å². The monoisotopic (exact) mass is 315 g/mol. The van der Waals surface area contributed by atoms with E-state index in [9.17, 15) is 30.8 Å². The molecule has 1 N–H and O–H groups in total. The molecule has 0 radical (unpaired) electrons. The SMILES string of the molecule is CS(=O)(=O)c1ccc(F)c(NC(=O)OCC(F)(F)F)c1. The van der Waals surface area contributed by atoms with Crippen LogP contribution in [0.1, 0.15) is 0 Å².